The summed E-state index contributed by atoms with van der Waals surface area (Å²) < 4.78 is 2.22. The Morgan fingerprint density at radius 2 is 1.84 bits per heavy atom. The summed E-state index contributed by atoms with van der Waals surface area (Å²) >= 11 is 0. The third-order valence-electron chi connectivity index (χ3n) is 5.94. The average molecular weight is 425 g/mol. The van der Waals surface area contributed by atoms with Crippen molar-refractivity contribution >= 4 is 11.6 Å². The molecule has 3 rings (SSSR count). The summed E-state index contributed by atoms with van der Waals surface area (Å²) in [4.78, 5) is 11.4. The molecule has 1 aliphatic heterocycles. The van der Waals surface area contributed by atoms with Crippen molar-refractivity contribution in [3.8, 4) is 0 Å². The second-order valence-corrected chi connectivity index (χ2v) is 10.0. The fourth-order valence-electron chi connectivity index (χ4n) is 4.07. The zero-order valence-corrected chi connectivity index (χ0v) is 20.2. The van der Waals surface area contributed by atoms with E-state index < -0.39 is 0 Å². The van der Waals surface area contributed by atoms with Crippen LogP contribution in [0.1, 0.15) is 58.8 Å². The van der Waals surface area contributed by atoms with E-state index in [2.05, 4.69) is 95.2 Å². The van der Waals surface area contributed by atoms with Crippen LogP contribution in [0, 0.1) is 5.92 Å². The van der Waals surface area contributed by atoms with Gasteiger partial charge in [-0.25, -0.2) is 4.98 Å². The zero-order valence-electron chi connectivity index (χ0n) is 20.2. The highest BCUT2D eigenvalue weighted by Gasteiger charge is 2.21. The molecular weight excluding hydrogens is 384 g/mol. The second-order valence-electron chi connectivity index (χ2n) is 10.0. The maximum absolute atomic E-state index is 4.50. The van der Waals surface area contributed by atoms with Gasteiger partial charge in [-0.2, -0.15) is 0 Å². The Balaban J connectivity index is 1.48. The fourth-order valence-corrected chi connectivity index (χ4v) is 4.07. The lowest BCUT2D eigenvalue weighted by Gasteiger charge is -2.35. The summed E-state index contributed by atoms with van der Waals surface area (Å²) in [6.07, 6.45) is 6.13. The van der Waals surface area contributed by atoms with Gasteiger partial charge in [0.1, 0.15) is 5.82 Å². The van der Waals surface area contributed by atoms with Crippen LogP contribution >= 0.6 is 0 Å². The molecule has 1 aromatic carbocycles. The van der Waals surface area contributed by atoms with Crippen LogP contribution in [0.15, 0.2) is 41.7 Å². The molecule has 0 aliphatic carbocycles. The molecule has 6 nitrogen and oxygen atoms in total. The summed E-state index contributed by atoms with van der Waals surface area (Å²) in [5, 5.41) is 7.04. The first-order chi connectivity index (χ1) is 14.8. The number of piperidine rings is 1. The van der Waals surface area contributed by atoms with E-state index in [9.17, 15) is 0 Å². The number of hydrogen-bond acceptors (Lipinski definition) is 3. The molecule has 0 unspecified atom stereocenters. The Kier molecular flexibility index (Phi) is 7.63. The van der Waals surface area contributed by atoms with E-state index in [0.29, 0.717) is 18.5 Å². The van der Waals surface area contributed by atoms with Crippen LogP contribution in [-0.4, -0.2) is 41.7 Å². The van der Waals surface area contributed by atoms with Gasteiger partial charge in [0.25, 0.3) is 0 Å². The van der Waals surface area contributed by atoms with E-state index in [1.807, 2.05) is 13.2 Å². The third kappa shape index (κ3) is 6.49. The highest BCUT2D eigenvalue weighted by atomic mass is 15.2. The Bertz CT molecular complexity index is 836. The lowest BCUT2D eigenvalue weighted by molar-refractivity contribution is 0.460. The molecule has 170 valence electrons. The normalized spacial score (nSPS) is 16.1. The van der Waals surface area contributed by atoms with Crippen molar-refractivity contribution in [2.24, 2.45) is 10.9 Å². The molecule has 6 heteroatoms. The molecule has 1 saturated heterocycles. The van der Waals surface area contributed by atoms with Crippen molar-refractivity contribution in [2.75, 3.05) is 25.0 Å². The number of imidazole rings is 1. The largest absolute Gasteiger partial charge is 0.371 e. The zero-order chi connectivity index (χ0) is 22.4. The Morgan fingerprint density at radius 1 is 1.16 bits per heavy atom. The summed E-state index contributed by atoms with van der Waals surface area (Å²) in [6.45, 7) is 15.0. The number of nitrogens with zero attached hydrogens (tertiary/aromatic N) is 4. The SMILES string of the molecule is CN=C(NCc1nccn1CC(C)C)NC1CCN(c2ccc(C(C)(C)C)cc2)CC1. The average Bonchev–Trinajstić information content (AvgIpc) is 3.17. The van der Waals surface area contributed by atoms with E-state index >= 15 is 0 Å². The number of aliphatic imine (C=N–C) groups is 1. The Hall–Kier alpha value is -2.50. The molecule has 31 heavy (non-hydrogen) atoms. The fraction of sp³-hybridized carbons (Fsp3) is 0.600. The van der Waals surface area contributed by atoms with Gasteiger partial charge in [-0.1, -0.05) is 46.8 Å². The minimum Gasteiger partial charge on any atom is -0.371 e. The van der Waals surface area contributed by atoms with Gasteiger partial charge < -0.3 is 20.1 Å². The molecule has 0 amide bonds. The van der Waals surface area contributed by atoms with E-state index in [-0.39, 0.29) is 5.41 Å². The van der Waals surface area contributed by atoms with Crippen molar-refractivity contribution in [3.63, 3.8) is 0 Å². The number of anilines is 1. The van der Waals surface area contributed by atoms with Gasteiger partial charge in [-0.15, -0.1) is 0 Å². The topological polar surface area (TPSA) is 57.5 Å². The molecule has 0 atom stereocenters. The first-order valence-electron chi connectivity index (χ1n) is 11.6. The monoisotopic (exact) mass is 424 g/mol. The molecule has 0 radical (unpaired) electrons. The molecule has 2 aromatic rings. The number of rotatable bonds is 6. The first-order valence-corrected chi connectivity index (χ1v) is 11.6. The summed E-state index contributed by atoms with van der Waals surface area (Å²) in [7, 11) is 1.84. The van der Waals surface area contributed by atoms with Crippen molar-refractivity contribution in [3.05, 3.63) is 48.0 Å². The second kappa shape index (κ2) is 10.2. The van der Waals surface area contributed by atoms with Crippen LogP contribution in [0.25, 0.3) is 0 Å². The van der Waals surface area contributed by atoms with E-state index in [1.54, 1.807) is 0 Å². The highest BCUT2D eigenvalue weighted by Crippen LogP contribution is 2.26. The van der Waals surface area contributed by atoms with Crippen molar-refractivity contribution in [2.45, 2.75) is 72.0 Å². The number of aromatic nitrogens is 2. The lowest BCUT2D eigenvalue weighted by Crippen LogP contribution is -2.48. The Morgan fingerprint density at radius 3 is 2.42 bits per heavy atom. The van der Waals surface area contributed by atoms with Crippen molar-refractivity contribution < 1.29 is 0 Å². The van der Waals surface area contributed by atoms with Crippen molar-refractivity contribution in [1.82, 2.24) is 20.2 Å². The van der Waals surface area contributed by atoms with Gasteiger partial charge in [0.15, 0.2) is 5.96 Å². The molecule has 2 N–H and O–H groups in total. The quantitative estimate of drug-likeness (QED) is 0.540. The predicted molar refractivity (Wildman–Crippen MR) is 131 cm³/mol. The molecule has 1 fully saturated rings. The molecular formula is C25H40N6. The minimum atomic E-state index is 0.199. The maximum atomic E-state index is 4.50. The standard InChI is InChI=1S/C25H40N6/c1-19(2)18-31-16-13-27-23(31)17-28-24(26-6)29-21-11-14-30(15-12-21)22-9-7-20(8-10-22)25(3,4)5/h7-10,13,16,19,21H,11-12,14-15,17-18H2,1-6H3,(H2,26,28,29). The molecule has 0 saturated carbocycles. The van der Waals surface area contributed by atoms with Crippen LogP contribution in [0.5, 0.6) is 0 Å². The molecule has 0 bridgehead atoms. The van der Waals surface area contributed by atoms with Gasteiger partial charge in [0, 0.05) is 50.8 Å². The Labute approximate surface area is 188 Å². The van der Waals surface area contributed by atoms with E-state index in [1.165, 1.54) is 11.3 Å². The van der Waals surface area contributed by atoms with Gasteiger partial charge in [-0.3, -0.25) is 4.99 Å². The van der Waals surface area contributed by atoms with Gasteiger partial charge in [-0.05, 0) is 41.9 Å². The predicted octanol–water partition coefficient (Wildman–Crippen LogP) is 4.17. The number of guanidine groups is 1. The summed E-state index contributed by atoms with van der Waals surface area (Å²) in [5.74, 6) is 2.50. The number of nitrogens with one attached hydrogen (secondary N) is 2. The maximum Gasteiger partial charge on any atom is 0.191 e. The third-order valence-corrected chi connectivity index (χ3v) is 5.94. The number of hydrogen-bond donors (Lipinski definition) is 2. The van der Waals surface area contributed by atoms with Crippen LogP contribution in [0.2, 0.25) is 0 Å². The molecule has 2 heterocycles. The smallest absolute Gasteiger partial charge is 0.191 e. The molecule has 1 aromatic heterocycles. The lowest BCUT2D eigenvalue weighted by atomic mass is 9.87. The van der Waals surface area contributed by atoms with Crippen molar-refractivity contribution in [1.29, 1.82) is 0 Å². The van der Waals surface area contributed by atoms with Crippen LogP contribution < -0.4 is 15.5 Å². The number of benzene rings is 1. The van der Waals surface area contributed by atoms with Gasteiger partial charge in [0.05, 0.1) is 6.54 Å². The minimum absolute atomic E-state index is 0.199. The summed E-state index contributed by atoms with van der Waals surface area (Å²) in [6, 6.07) is 9.53. The highest BCUT2D eigenvalue weighted by molar-refractivity contribution is 5.79. The van der Waals surface area contributed by atoms with Crippen LogP contribution in [0.4, 0.5) is 5.69 Å². The first kappa shape index (κ1) is 23.2. The van der Waals surface area contributed by atoms with Crippen LogP contribution in [-0.2, 0) is 18.5 Å². The van der Waals surface area contributed by atoms with E-state index in [4.69, 9.17) is 0 Å². The summed E-state index contributed by atoms with van der Waals surface area (Å²) in [5.41, 5.74) is 2.91. The van der Waals surface area contributed by atoms with Gasteiger partial charge in [0.2, 0.25) is 0 Å². The van der Waals surface area contributed by atoms with Gasteiger partial charge >= 0.3 is 0 Å². The molecule has 0 spiro atoms. The van der Waals surface area contributed by atoms with E-state index in [0.717, 1.165) is 44.3 Å². The van der Waals surface area contributed by atoms with Crippen LogP contribution in [0.3, 0.4) is 0 Å². The molecule has 1 aliphatic rings.